The van der Waals surface area contributed by atoms with Crippen LogP contribution in [0.2, 0.25) is 0 Å². The number of thioether (sulfide) groups is 1. The standard InChI is InChI=1S/C24H31Cl3N2O9S/c1-13(30)35-18-16(11-28-21(32)38-23(3,4)5)37-20(39-15-9-7-6-8-10-15)17(19(18)36-14(2)31)29-22(33)34-12-24(25,26)27/h6-10,16-20H,11-12H2,1-5H3,(H,28,32)(H,29,33)/t16-,17-,18-,19-,20+/m1/s1. The van der Waals surface area contributed by atoms with Crippen molar-refractivity contribution in [3.05, 3.63) is 30.3 Å². The molecule has 218 valence electrons. The van der Waals surface area contributed by atoms with E-state index in [0.717, 1.165) is 18.7 Å². The van der Waals surface area contributed by atoms with Crippen molar-refractivity contribution >= 4 is 70.7 Å². The van der Waals surface area contributed by atoms with Gasteiger partial charge in [-0.2, -0.15) is 0 Å². The molecule has 1 aromatic carbocycles. The minimum absolute atomic E-state index is 0.180. The predicted molar refractivity (Wildman–Crippen MR) is 145 cm³/mol. The van der Waals surface area contributed by atoms with E-state index >= 15 is 0 Å². The van der Waals surface area contributed by atoms with Crippen molar-refractivity contribution < 1.29 is 42.9 Å². The van der Waals surface area contributed by atoms with Crippen molar-refractivity contribution in [3.8, 4) is 0 Å². The molecule has 1 saturated heterocycles. The molecule has 1 aliphatic rings. The normalized spacial score (nSPS) is 23.2. The molecule has 0 spiro atoms. The summed E-state index contributed by atoms with van der Waals surface area (Å²) in [4.78, 5) is 49.9. The molecule has 0 saturated carbocycles. The second kappa shape index (κ2) is 14.5. The summed E-state index contributed by atoms with van der Waals surface area (Å²) in [5.41, 5.74) is -1.69. The fourth-order valence-corrected chi connectivity index (χ4v) is 4.76. The lowest BCUT2D eigenvalue weighted by molar-refractivity contribution is -0.202. The molecule has 1 heterocycles. The first-order chi connectivity index (χ1) is 18.0. The molecule has 2 rings (SSSR count). The summed E-state index contributed by atoms with van der Waals surface area (Å²) in [5, 5.41) is 5.15. The summed E-state index contributed by atoms with van der Waals surface area (Å²) in [6, 6.07) is 7.93. The molecule has 2 N–H and O–H groups in total. The summed E-state index contributed by atoms with van der Waals surface area (Å²) in [7, 11) is 0. The number of ether oxygens (including phenoxy) is 5. The Kier molecular flexibility index (Phi) is 12.3. The number of halogens is 3. The van der Waals surface area contributed by atoms with E-state index < -0.39 is 69.9 Å². The number of hydrogen-bond donors (Lipinski definition) is 2. The molecule has 0 radical (unpaired) electrons. The van der Waals surface area contributed by atoms with Crippen LogP contribution in [0.25, 0.3) is 0 Å². The molecule has 1 fully saturated rings. The predicted octanol–water partition coefficient (Wildman–Crippen LogP) is 4.36. The van der Waals surface area contributed by atoms with Gasteiger partial charge >= 0.3 is 24.1 Å². The van der Waals surface area contributed by atoms with E-state index in [-0.39, 0.29) is 6.54 Å². The average Bonchev–Trinajstić information content (AvgIpc) is 2.79. The van der Waals surface area contributed by atoms with Gasteiger partial charge in [-0.25, -0.2) is 9.59 Å². The number of alkyl halides is 3. The SMILES string of the molecule is CC(=O)O[C@@H]1[C@@H](NC(=O)OCC(Cl)(Cl)Cl)[C@H](Sc2ccccc2)O[C@H](CNC(=O)OC(C)(C)C)[C@H]1OC(C)=O. The van der Waals surface area contributed by atoms with Gasteiger partial charge in [0.05, 0.1) is 6.54 Å². The smallest absolute Gasteiger partial charge is 0.407 e. The number of rotatable bonds is 8. The quantitative estimate of drug-likeness (QED) is 0.242. The fraction of sp³-hybridized carbons (Fsp3) is 0.583. The zero-order valence-corrected chi connectivity index (χ0v) is 25.0. The van der Waals surface area contributed by atoms with Crippen molar-refractivity contribution in [2.75, 3.05) is 13.2 Å². The number of alkyl carbamates (subject to hydrolysis) is 2. The van der Waals surface area contributed by atoms with Crippen LogP contribution in [-0.4, -0.2) is 76.5 Å². The van der Waals surface area contributed by atoms with Crippen molar-refractivity contribution in [1.82, 2.24) is 10.6 Å². The second-order valence-electron chi connectivity index (χ2n) is 9.37. The molecular formula is C24H31Cl3N2O9S. The maximum Gasteiger partial charge on any atom is 0.407 e. The third-order valence-corrected chi connectivity index (χ3v) is 6.25. The third kappa shape index (κ3) is 12.3. The van der Waals surface area contributed by atoms with Crippen LogP contribution in [0, 0.1) is 0 Å². The van der Waals surface area contributed by atoms with Gasteiger partial charge in [-0.15, -0.1) is 0 Å². The Labute approximate surface area is 245 Å². The number of esters is 2. The van der Waals surface area contributed by atoms with E-state index in [4.69, 9.17) is 58.5 Å². The lowest BCUT2D eigenvalue weighted by atomic mass is 9.97. The maximum atomic E-state index is 12.6. The first-order valence-corrected chi connectivity index (χ1v) is 13.7. The highest BCUT2D eigenvalue weighted by molar-refractivity contribution is 7.99. The van der Waals surface area contributed by atoms with Crippen LogP contribution in [0.4, 0.5) is 9.59 Å². The van der Waals surface area contributed by atoms with E-state index in [1.807, 2.05) is 6.07 Å². The Balaban J connectivity index is 2.42. The van der Waals surface area contributed by atoms with E-state index in [0.29, 0.717) is 0 Å². The average molecular weight is 630 g/mol. The van der Waals surface area contributed by atoms with Gasteiger partial charge < -0.3 is 34.3 Å². The highest BCUT2D eigenvalue weighted by Gasteiger charge is 2.51. The van der Waals surface area contributed by atoms with Gasteiger partial charge in [-0.1, -0.05) is 64.8 Å². The first kappa shape index (κ1) is 33.1. The largest absolute Gasteiger partial charge is 0.456 e. The van der Waals surface area contributed by atoms with Crippen LogP contribution >= 0.6 is 46.6 Å². The summed E-state index contributed by atoms with van der Waals surface area (Å²) in [6.07, 6.45) is -5.25. The third-order valence-electron chi connectivity index (χ3n) is 4.74. The van der Waals surface area contributed by atoms with Gasteiger partial charge in [0.2, 0.25) is 3.79 Å². The van der Waals surface area contributed by atoms with Crippen molar-refractivity contribution in [2.45, 2.75) is 78.7 Å². The fourth-order valence-electron chi connectivity index (χ4n) is 3.44. The molecule has 39 heavy (non-hydrogen) atoms. The topological polar surface area (TPSA) is 138 Å². The number of benzene rings is 1. The monoisotopic (exact) mass is 628 g/mol. The molecule has 0 aliphatic carbocycles. The highest BCUT2D eigenvalue weighted by Crippen LogP contribution is 2.36. The number of hydrogen-bond acceptors (Lipinski definition) is 10. The highest BCUT2D eigenvalue weighted by atomic mass is 35.6. The van der Waals surface area contributed by atoms with Gasteiger partial charge in [-0.3, -0.25) is 9.59 Å². The summed E-state index contributed by atoms with van der Waals surface area (Å²) in [5.74, 6) is -1.43. The van der Waals surface area contributed by atoms with Crippen LogP contribution < -0.4 is 10.6 Å². The van der Waals surface area contributed by atoms with Gasteiger partial charge in [0.15, 0.2) is 12.2 Å². The van der Waals surface area contributed by atoms with Crippen LogP contribution in [0.1, 0.15) is 34.6 Å². The molecule has 0 bridgehead atoms. The van der Waals surface area contributed by atoms with Crippen LogP contribution in [-0.2, 0) is 33.3 Å². The lowest BCUT2D eigenvalue weighted by Gasteiger charge is -2.45. The Bertz CT molecular complexity index is 1000. The first-order valence-electron chi connectivity index (χ1n) is 11.7. The minimum Gasteiger partial charge on any atom is -0.456 e. The number of carbonyl (C=O) groups is 4. The Morgan fingerprint density at radius 1 is 0.949 bits per heavy atom. The molecule has 1 aromatic rings. The zero-order chi connectivity index (χ0) is 29.4. The summed E-state index contributed by atoms with van der Waals surface area (Å²) >= 11 is 18.2. The van der Waals surface area contributed by atoms with E-state index in [1.165, 1.54) is 11.8 Å². The Morgan fingerprint density at radius 2 is 1.54 bits per heavy atom. The van der Waals surface area contributed by atoms with Crippen molar-refractivity contribution in [2.24, 2.45) is 0 Å². The molecule has 0 unspecified atom stereocenters. The minimum atomic E-state index is -1.87. The van der Waals surface area contributed by atoms with Crippen LogP contribution in [0.3, 0.4) is 0 Å². The second-order valence-corrected chi connectivity index (χ2v) is 13.1. The van der Waals surface area contributed by atoms with Gasteiger partial charge in [0.25, 0.3) is 0 Å². The molecule has 5 atom stereocenters. The van der Waals surface area contributed by atoms with Crippen LogP contribution in [0.5, 0.6) is 0 Å². The van der Waals surface area contributed by atoms with Crippen LogP contribution in [0.15, 0.2) is 35.2 Å². The van der Waals surface area contributed by atoms with Crippen molar-refractivity contribution in [3.63, 3.8) is 0 Å². The van der Waals surface area contributed by atoms with Gasteiger partial charge in [0.1, 0.15) is 29.8 Å². The molecular weight excluding hydrogens is 599 g/mol. The molecule has 2 amide bonds. The number of amides is 2. The molecule has 1 aliphatic heterocycles. The summed E-state index contributed by atoms with van der Waals surface area (Å²) < 4.78 is 25.7. The number of nitrogens with one attached hydrogen (secondary N) is 2. The molecule has 0 aromatic heterocycles. The lowest BCUT2D eigenvalue weighted by Crippen LogP contribution is -2.66. The number of carbonyl (C=O) groups excluding carboxylic acids is 4. The zero-order valence-electron chi connectivity index (χ0n) is 21.9. The Morgan fingerprint density at radius 3 is 2.08 bits per heavy atom. The molecule has 15 heteroatoms. The van der Waals surface area contributed by atoms with E-state index in [9.17, 15) is 19.2 Å². The Hall–Kier alpha value is -2.12. The van der Waals surface area contributed by atoms with Crippen molar-refractivity contribution in [1.29, 1.82) is 0 Å². The van der Waals surface area contributed by atoms with E-state index in [2.05, 4.69) is 10.6 Å². The maximum absolute atomic E-state index is 12.6. The molecule has 11 nitrogen and oxygen atoms in total. The van der Waals surface area contributed by atoms with Gasteiger partial charge in [0, 0.05) is 18.7 Å². The van der Waals surface area contributed by atoms with E-state index in [1.54, 1.807) is 45.0 Å². The summed E-state index contributed by atoms with van der Waals surface area (Å²) in [6.45, 7) is 6.67. The van der Waals surface area contributed by atoms with Gasteiger partial charge in [-0.05, 0) is 32.9 Å².